The highest BCUT2D eigenvalue weighted by Crippen LogP contribution is 2.41. The molecule has 2 amide bonds. The molecule has 1 aliphatic heterocycles. The largest absolute Gasteiger partial charge is 0.355 e. The predicted molar refractivity (Wildman–Crippen MR) is 213 cm³/mol. The number of carbonyl (C=O) groups excluding carboxylic acids is 2. The number of halogens is 4. The molecule has 11 heteroatoms. The lowest BCUT2D eigenvalue weighted by Crippen LogP contribution is -2.45. The lowest BCUT2D eigenvalue weighted by Gasteiger charge is -2.31. The monoisotopic (exact) mass is 770 g/mol. The van der Waals surface area contributed by atoms with E-state index in [4.69, 9.17) is 16.3 Å². The minimum atomic E-state index is -1.08. The molecule has 1 aliphatic rings. The van der Waals surface area contributed by atoms with E-state index in [9.17, 15) is 14.0 Å². The first-order chi connectivity index (χ1) is 24.1. The first-order valence-corrected chi connectivity index (χ1v) is 17.8. The lowest BCUT2D eigenvalue weighted by molar-refractivity contribution is -0.138. The van der Waals surface area contributed by atoms with Crippen LogP contribution in [0.2, 0.25) is 5.02 Å². The summed E-state index contributed by atoms with van der Waals surface area (Å²) < 4.78 is 20.9. The van der Waals surface area contributed by atoms with E-state index in [2.05, 4.69) is 73.1 Å². The average molecular weight is 772 g/mol. The third-order valence-corrected chi connectivity index (χ3v) is 8.80. The first-order valence-electron chi connectivity index (χ1n) is 17.4. The summed E-state index contributed by atoms with van der Waals surface area (Å²) in [6, 6.07) is 30.4. The molecule has 0 bridgehead atoms. The number of anilines is 1. The molecule has 2 unspecified atom stereocenters. The third kappa shape index (κ3) is 12.6. The van der Waals surface area contributed by atoms with Crippen molar-refractivity contribution in [1.82, 2.24) is 16.0 Å². The van der Waals surface area contributed by atoms with Crippen molar-refractivity contribution in [3.05, 3.63) is 136 Å². The van der Waals surface area contributed by atoms with Crippen LogP contribution >= 0.6 is 36.4 Å². The Balaban J connectivity index is 0.00000364. The second kappa shape index (κ2) is 20.7. The van der Waals surface area contributed by atoms with Crippen molar-refractivity contribution in [3.8, 4) is 0 Å². The van der Waals surface area contributed by atoms with Crippen molar-refractivity contribution < 1.29 is 18.7 Å². The van der Waals surface area contributed by atoms with Crippen LogP contribution in [-0.2, 0) is 33.8 Å². The standard InChI is InChI=1S/C41H48ClFN4O3.2ClH/c1-41(2,3)28-47-36-18-17-33(42)24-34(36)39(50-37(40(47)49)25-38(48)46-27-32-14-7-8-16-35(32)43)31-15-9-13-30(23-31)26-45-21-10-20-44-22-19-29-11-5-4-6-12-29;;/h4-9,11-18,23-24,37,39,44-45H,10,19-22,25-28H2,1-3H3,(H,46,48);2*1H. The van der Waals surface area contributed by atoms with Crippen LogP contribution in [0.4, 0.5) is 10.1 Å². The molecule has 1 heterocycles. The Morgan fingerprint density at radius 2 is 1.56 bits per heavy atom. The summed E-state index contributed by atoms with van der Waals surface area (Å²) in [5.41, 5.74) is 4.86. The highest BCUT2D eigenvalue weighted by molar-refractivity contribution is 6.30. The van der Waals surface area contributed by atoms with E-state index in [0.29, 0.717) is 29.4 Å². The summed E-state index contributed by atoms with van der Waals surface area (Å²) in [4.78, 5) is 29.2. The Hall–Kier alpha value is -3.50. The zero-order valence-electron chi connectivity index (χ0n) is 30.0. The molecule has 0 aromatic heterocycles. The maximum atomic E-state index is 14.2. The van der Waals surface area contributed by atoms with E-state index < -0.39 is 23.9 Å². The molecular weight excluding hydrogens is 722 g/mol. The van der Waals surface area contributed by atoms with Crippen molar-refractivity contribution >= 4 is 53.9 Å². The van der Waals surface area contributed by atoms with Gasteiger partial charge in [-0.15, -0.1) is 24.8 Å². The van der Waals surface area contributed by atoms with Crippen molar-refractivity contribution in [2.75, 3.05) is 31.1 Å². The lowest BCUT2D eigenvalue weighted by atomic mass is 9.94. The fourth-order valence-corrected chi connectivity index (χ4v) is 6.30. The maximum absolute atomic E-state index is 14.2. The van der Waals surface area contributed by atoms with Crippen molar-refractivity contribution in [2.45, 2.75) is 65.3 Å². The molecule has 0 saturated heterocycles. The number of nitrogens with one attached hydrogen (secondary N) is 3. The molecule has 0 saturated carbocycles. The molecule has 0 spiro atoms. The molecular formula is C41H50Cl3FN4O3. The molecule has 280 valence electrons. The molecule has 0 aliphatic carbocycles. The van der Waals surface area contributed by atoms with Crippen LogP contribution < -0.4 is 20.9 Å². The summed E-state index contributed by atoms with van der Waals surface area (Å²) in [6.45, 7) is 10.0. The minimum Gasteiger partial charge on any atom is -0.355 e. The number of benzene rings is 4. The first kappa shape index (κ1) is 42.9. The molecule has 5 rings (SSSR count). The zero-order chi connectivity index (χ0) is 35.5. The maximum Gasteiger partial charge on any atom is 0.256 e. The van der Waals surface area contributed by atoms with E-state index in [1.54, 1.807) is 29.2 Å². The van der Waals surface area contributed by atoms with Gasteiger partial charge in [0, 0.05) is 41.5 Å². The topological polar surface area (TPSA) is 82.7 Å². The Bertz CT molecular complexity index is 1740. The molecule has 0 radical (unpaired) electrons. The van der Waals surface area contributed by atoms with Gasteiger partial charge in [-0.2, -0.15) is 0 Å². The number of hydrogen-bond donors (Lipinski definition) is 3. The Morgan fingerprint density at radius 3 is 2.31 bits per heavy atom. The normalized spacial score (nSPS) is 15.6. The quantitative estimate of drug-likeness (QED) is 0.106. The van der Waals surface area contributed by atoms with E-state index in [1.165, 1.54) is 11.6 Å². The summed E-state index contributed by atoms with van der Waals surface area (Å²) in [5.74, 6) is -1.11. The van der Waals surface area contributed by atoms with Crippen molar-refractivity contribution in [3.63, 3.8) is 0 Å². The summed E-state index contributed by atoms with van der Waals surface area (Å²) >= 11 is 6.56. The molecule has 52 heavy (non-hydrogen) atoms. The number of ether oxygens (including phenoxy) is 1. The molecule has 7 nitrogen and oxygen atoms in total. The Kier molecular flexibility index (Phi) is 17.1. The predicted octanol–water partition coefficient (Wildman–Crippen LogP) is 8.21. The van der Waals surface area contributed by atoms with Gasteiger partial charge in [-0.1, -0.05) is 105 Å². The van der Waals surface area contributed by atoms with E-state index in [-0.39, 0.29) is 49.1 Å². The number of nitrogens with zero attached hydrogens (tertiary/aromatic N) is 1. The van der Waals surface area contributed by atoms with Gasteiger partial charge in [-0.3, -0.25) is 9.59 Å². The van der Waals surface area contributed by atoms with Gasteiger partial charge in [0.1, 0.15) is 18.0 Å². The average Bonchev–Trinajstić information content (AvgIpc) is 3.19. The van der Waals surface area contributed by atoms with Crippen LogP contribution in [0, 0.1) is 11.2 Å². The van der Waals surface area contributed by atoms with Gasteiger partial charge >= 0.3 is 0 Å². The van der Waals surface area contributed by atoms with Gasteiger partial charge in [0.05, 0.1) is 6.42 Å². The summed E-state index contributed by atoms with van der Waals surface area (Å²) in [5, 5.41) is 10.4. The number of amides is 2. The van der Waals surface area contributed by atoms with Gasteiger partial charge in [0.2, 0.25) is 5.91 Å². The van der Waals surface area contributed by atoms with Crippen molar-refractivity contribution in [1.29, 1.82) is 0 Å². The van der Waals surface area contributed by atoms with E-state index >= 15 is 0 Å². The van der Waals surface area contributed by atoms with Gasteiger partial charge < -0.3 is 25.6 Å². The highest BCUT2D eigenvalue weighted by Gasteiger charge is 2.39. The second-order valence-electron chi connectivity index (χ2n) is 14.0. The van der Waals surface area contributed by atoms with Crippen LogP contribution in [-0.4, -0.2) is 44.1 Å². The fraction of sp³-hybridized carbons (Fsp3) is 0.366. The SMILES string of the molecule is CC(C)(C)CN1C(=O)C(CC(=O)NCc2ccccc2F)OC(c2cccc(CNCCCNCCc3ccccc3)c2)c2cc(Cl)ccc21.Cl.Cl. The van der Waals surface area contributed by atoms with Gasteiger partial charge in [-0.05, 0) is 78.8 Å². The summed E-state index contributed by atoms with van der Waals surface area (Å²) in [7, 11) is 0. The molecule has 3 N–H and O–H groups in total. The number of rotatable bonds is 15. The number of fused-ring (bicyclic) bond motifs is 1. The number of hydrogen-bond acceptors (Lipinski definition) is 5. The van der Waals surface area contributed by atoms with Crippen molar-refractivity contribution in [2.24, 2.45) is 5.41 Å². The highest BCUT2D eigenvalue weighted by atomic mass is 35.5. The molecule has 4 aromatic carbocycles. The molecule has 0 fully saturated rings. The van der Waals surface area contributed by atoms with Crippen LogP contribution in [0.25, 0.3) is 0 Å². The molecule has 2 atom stereocenters. The van der Waals surface area contributed by atoms with Crippen LogP contribution in [0.15, 0.2) is 97.1 Å². The summed E-state index contributed by atoms with van der Waals surface area (Å²) in [6.07, 6.45) is 0.0592. The van der Waals surface area contributed by atoms with Crippen LogP contribution in [0.1, 0.15) is 67.5 Å². The molecule has 4 aromatic rings. The van der Waals surface area contributed by atoms with Crippen LogP contribution in [0.5, 0.6) is 0 Å². The van der Waals surface area contributed by atoms with Gasteiger partial charge in [0.15, 0.2) is 0 Å². The van der Waals surface area contributed by atoms with E-state index in [0.717, 1.165) is 49.2 Å². The van der Waals surface area contributed by atoms with Gasteiger partial charge in [0.25, 0.3) is 5.91 Å². The number of carbonyl (C=O) groups is 2. The Morgan fingerprint density at radius 1 is 0.846 bits per heavy atom. The smallest absolute Gasteiger partial charge is 0.256 e. The van der Waals surface area contributed by atoms with Crippen LogP contribution in [0.3, 0.4) is 0 Å². The minimum absolute atomic E-state index is 0. The Labute approximate surface area is 324 Å². The van der Waals surface area contributed by atoms with Gasteiger partial charge in [-0.25, -0.2) is 4.39 Å². The zero-order valence-corrected chi connectivity index (χ0v) is 32.4. The fourth-order valence-electron chi connectivity index (χ4n) is 6.12. The second-order valence-corrected chi connectivity index (χ2v) is 14.5. The van der Waals surface area contributed by atoms with E-state index in [1.807, 2.05) is 30.3 Å². The third-order valence-electron chi connectivity index (χ3n) is 8.57.